The summed E-state index contributed by atoms with van der Waals surface area (Å²) in [5.41, 5.74) is 0.891. The van der Waals surface area contributed by atoms with Gasteiger partial charge in [-0.1, -0.05) is 25.3 Å². The third kappa shape index (κ3) is 5.85. The molecular weight excluding hydrogens is 392 g/mol. The van der Waals surface area contributed by atoms with Gasteiger partial charge < -0.3 is 16.0 Å². The molecule has 1 fully saturated rings. The molecule has 1 aliphatic rings. The minimum Gasteiger partial charge on any atom is -0.343 e. The number of carbonyl (C=O) groups excluding carboxylic acids is 3. The molecule has 3 amide bonds. The molecule has 0 saturated heterocycles. The first-order valence-corrected chi connectivity index (χ1v) is 9.86. The Morgan fingerprint density at radius 1 is 0.867 bits per heavy atom. The van der Waals surface area contributed by atoms with E-state index in [0.717, 1.165) is 44.2 Å². The van der Waals surface area contributed by atoms with Crippen LogP contribution in [0.2, 0.25) is 0 Å². The minimum absolute atomic E-state index is 0.00349. The van der Waals surface area contributed by atoms with Crippen LogP contribution < -0.4 is 16.0 Å². The SMILES string of the molecule is O=C(CNC(=O)c1cccc(NC(=O)C2CCCCC2)c1)Nc1ccc(F)c(F)c1. The predicted octanol–water partition coefficient (Wildman–Crippen LogP) is 3.85. The van der Waals surface area contributed by atoms with Gasteiger partial charge >= 0.3 is 0 Å². The van der Waals surface area contributed by atoms with E-state index in [9.17, 15) is 23.2 Å². The lowest BCUT2D eigenvalue weighted by atomic mass is 9.88. The maximum Gasteiger partial charge on any atom is 0.251 e. The summed E-state index contributed by atoms with van der Waals surface area (Å²) in [4.78, 5) is 36.6. The van der Waals surface area contributed by atoms with Crippen LogP contribution in [-0.2, 0) is 9.59 Å². The molecule has 3 rings (SSSR count). The number of nitrogens with one attached hydrogen (secondary N) is 3. The normalized spacial score (nSPS) is 14.1. The van der Waals surface area contributed by atoms with E-state index < -0.39 is 23.4 Å². The van der Waals surface area contributed by atoms with Crippen LogP contribution in [0.3, 0.4) is 0 Å². The van der Waals surface area contributed by atoms with Crippen molar-refractivity contribution in [3.05, 3.63) is 59.7 Å². The summed E-state index contributed by atoms with van der Waals surface area (Å²) in [5.74, 6) is -3.23. The molecule has 158 valence electrons. The first-order chi connectivity index (χ1) is 14.4. The van der Waals surface area contributed by atoms with E-state index >= 15 is 0 Å². The van der Waals surface area contributed by atoms with Gasteiger partial charge in [-0.05, 0) is 43.2 Å². The molecule has 30 heavy (non-hydrogen) atoms. The number of carbonyl (C=O) groups is 3. The number of amides is 3. The lowest BCUT2D eigenvalue weighted by Gasteiger charge is -2.20. The van der Waals surface area contributed by atoms with Crippen LogP contribution in [0.4, 0.5) is 20.2 Å². The topological polar surface area (TPSA) is 87.3 Å². The van der Waals surface area contributed by atoms with Gasteiger partial charge in [0, 0.05) is 28.9 Å². The zero-order valence-corrected chi connectivity index (χ0v) is 16.3. The van der Waals surface area contributed by atoms with Gasteiger partial charge in [-0.25, -0.2) is 8.78 Å². The number of benzene rings is 2. The number of hydrogen-bond donors (Lipinski definition) is 3. The fourth-order valence-corrected chi connectivity index (χ4v) is 3.39. The zero-order chi connectivity index (χ0) is 21.5. The van der Waals surface area contributed by atoms with Crippen molar-refractivity contribution in [1.29, 1.82) is 0 Å². The van der Waals surface area contributed by atoms with Crippen molar-refractivity contribution in [3.8, 4) is 0 Å². The van der Waals surface area contributed by atoms with E-state index in [1.807, 2.05) is 0 Å². The summed E-state index contributed by atoms with van der Waals surface area (Å²) < 4.78 is 26.1. The summed E-state index contributed by atoms with van der Waals surface area (Å²) in [7, 11) is 0. The number of halogens is 2. The smallest absolute Gasteiger partial charge is 0.251 e. The summed E-state index contributed by atoms with van der Waals surface area (Å²) in [6.45, 7) is -0.351. The quantitative estimate of drug-likeness (QED) is 0.670. The van der Waals surface area contributed by atoms with Crippen LogP contribution in [0.5, 0.6) is 0 Å². The van der Waals surface area contributed by atoms with Gasteiger partial charge in [-0.15, -0.1) is 0 Å². The monoisotopic (exact) mass is 415 g/mol. The highest BCUT2D eigenvalue weighted by atomic mass is 19.2. The van der Waals surface area contributed by atoms with Gasteiger partial charge in [0.2, 0.25) is 11.8 Å². The van der Waals surface area contributed by atoms with Gasteiger partial charge in [-0.3, -0.25) is 14.4 Å². The number of anilines is 2. The molecule has 0 heterocycles. The van der Waals surface area contributed by atoms with Crippen LogP contribution in [0.25, 0.3) is 0 Å². The molecule has 6 nitrogen and oxygen atoms in total. The third-order valence-electron chi connectivity index (χ3n) is 4.98. The highest BCUT2D eigenvalue weighted by Gasteiger charge is 2.21. The average molecular weight is 415 g/mol. The average Bonchev–Trinajstić information content (AvgIpc) is 2.75. The molecule has 0 unspecified atom stereocenters. The molecule has 2 aromatic rings. The highest BCUT2D eigenvalue weighted by Crippen LogP contribution is 2.25. The van der Waals surface area contributed by atoms with Crippen LogP contribution in [-0.4, -0.2) is 24.3 Å². The Kier molecular flexibility index (Phi) is 7.11. The Balaban J connectivity index is 1.52. The third-order valence-corrected chi connectivity index (χ3v) is 4.98. The molecule has 1 saturated carbocycles. The fourth-order valence-electron chi connectivity index (χ4n) is 3.39. The summed E-state index contributed by atoms with van der Waals surface area (Å²) in [6, 6.07) is 9.43. The van der Waals surface area contributed by atoms with Crippen LogP contribution >= 0.6 is 0 Å². The second-order valence-electron chi connectivity index (χ2n) is 7.26. The van der Waals surface area contributed by atoms with Crippen molar-refractivity contribution in [1.82, 2.24) is 5.32 Å². The van der Waals surface area contributed by atoms with E-state index in [0.29, 0.717) is 5.69 Å². The maximum atomic E-state index is 13.2. The first kappa shape index (κ1) is 21.4. The summed E-state index contributed by atoms with van der Waals surface area (Å²) in [5, 5.41) is 7.68. The lowest BCUT2D eigenvalue weighted by molar-refractivity contribution is -0.120. The minimum atomic E-state index is -1.08. The van der Waals surface area contributed by atoms with Crippen LogP contribution in [0.1, 0.15) is 42.5 Å². The Labute approximate surface area is 173 Å². The van der Waals surface area contributed by atoms with Crippen molar-refractivity contribution in [3.63, 3.8) is 0 Å². The van der Waals surface area contributed by atoms with Crippen molar-refractivity contribution in [2.24, 2.45) is 5.92 Å². The Morgan fingerprint density at radius 3 is 2.33 bits per heavy atom. The van der Waals surface area contributed by atoms with Crippen LogP contribution in [0.15, 0.2) is 42.5 Å². The van der Waals surface area contributed by atoms with Gasteiger partial charge in [-0.2, -0.15) is 0 Å². The fraction of sp³-hybridized carbons (Fsp3) is 0.318. The summed E-state index contributed by atoms with van der Waals surface area (Å²) >= 11 is 0. The van der Waals surface area contributed by atoms with Gasteiger partial charge in [0.05, 0.1) is 6.54 Å². The van der Waals surface area contributed by atoms with E-state index in [4.69, 9.17) is 0 Å². The summed E-state index contributed by atoms with van der Waals surface area (Å²) in [6.07, 6.45) is 5.00. The van der Waals surface area contributed by atoms with E-state index in [1.165, 1.54) is 6.07 Å². The molecule has 0 spiro atoms. The molecule has 0 aliphatic heterocycles. The van der Waals surface area contributed by atoms with E-state index in [1.54, 1.807) is 24.3 Å². The molecule has 0 aromatic heterocycles. The van der Waals surface area contributed by atoms with Crippen molar-refractivity contribution >= 4 is 29.1 Å². The Morgan fingerprint density at radius 2 is 1.60 bits per heavy atom. The maximum absolute atomic E-state index is 13.2. The number of hydrogen-bond acceptors (Lipinski definition) is 3. The Bertz CT molecular complexity index is 943. The Hall–Kier alpha value is -3.29. The first-order valence-electron chi connectivity index (χ1n) is 9.86. The molecule has 3 N–H and O–H groups in total. The van der Waals surface area contributed by atoms with Crippen molar-refractivity contribution in [2.45, 2.75) is 32.1 Å². The van der Waals surface area contributed by atoms with Gasteiger partial charge in [0.25, 0.3) is 5.91 Å². The number of rotatable bonds is 6. The van der Waals surface area contributed by atoms with Gasteiger partial charge in [0.1, 0.15) is 0 Å². The van der Waals surface area contributed by atoms with E-state index in [2.05, 4.69) is 16.0 Å². The predicted molar refractivity (Wildman–Crippen MR) is 109 cm³/mol. The standard InChI is InChI=1S/C22H23F2N3O3/c23-18-10-9-17(12-19(18)24)26-20(28)13-25-21(29)15-7-4-8-16(11-15)27-22(30)14-5-2-1-3-6-14/h4,7-12,14H,1-3,5-6,13H2,(H,25,29)(H,26,28)(H,27,30). The van der Waals surface area contributed by atoms with Crippen molar-refractivity contribution < 1.29 is 23.2 Å². The van der Waals surface area contributed by atoms with E-state index in [-0.39, 0.29) is 29.6 Å². The largest absolute Gasteiger partial charge is 0.343 e. The molecule has 0 atom stereocenters. The second-order valence-corrected chi connectivity index (χ2v) is 7.26. The zero-order valence-electron chi connectivity index (χ0n) is 16.3. The highest BCUT2D eigenvalue weighted by molar-refractivity contribution is 6.00. The second kappa shape index (κ2) is 9.96. The molecule has 2 aromatic carbocycles. The molecule has 1 aliphatic carbocycles. The molecule has 8 heteroatoms. The van der Waals surface area contributed by atoms with Crippen molar-refractivity contribution in [2.75, 3.05) is 17.2 Å². The molecular formula is C22H23F2N3O3. The molecule has 0 radical (unpaired) electrons. The van der Waals surface area contributed by atoms with Crippen LogP contribution in [0, 0.1) is 17.6 Å². The lowest BCUT2D eigenvalue weighted by Crippen LogP contribution is -2.33. The van der Waals surface area contributed by atoms with Gasteiger partial charge in [0.15, 0.2) is 11.6 Å². The molecule has 0 bridgehead atoms.